The van der Waals surface area contributed by atoms with Crippen molar-refractivity contribution in [2.24, 2.45) is 0 Å². The van der Waals surface area contributed by atoms with E-state index in [4.69, 9.17) is 0 Å². The summed E-state index contributed by atoms with van der Waals surface area (Å²) in [5.74, 6) is -1.09. The van der Waals surface area contributed by atoms with E-state index in [1.165, 1.54) is 0 Å². The van der Waals surface area contributed by atoms with Crippen LogP contribution in [0.2, 0.25) is 0 Å². The van der Waals surface area contributed by atoms with Crippen LogP contribution in [0.1, 0.15) is 43.0 Å². The number of amides is 2. The van der Waals surface area contributed by atoms with Crippen LogP contribution in [-0.4, -0.2) is 11.8 Å². The average Bonchev–Trinajstić information content (AvgIpc) is 2.80. The molecule has 10 heteroatoms. The van der Waals surface area contributed by atoms with Gasteiger partial charge in [-0.25, -0.2) is 0 Å². The molecular weight excluding hydrogens is 462 g/mol. The molecule has 4 nitrogen and oxygen atoms in total. The molecule has 2 N–H and O–H groups in total. The van der Waals surface area contributed by atoms with E-state index in [2.05, 4.69) is 10.6 Å². The third kappa shape index (κ3) is 6.60. The highest BCUT2D eigenvalue weighted by atomic mass is 19.4. The first kappa shape index (κ1) is 24.8. The van der Waals surface area contributed by atoms with Gasteiger partial charge >= 0.3 is 12.4 Å². The van der Waals surface area contributed by atoms with E-state index >= 15 is 0 Å². The molecule has 0 aliphatic carbocycles. The van der Waals surface area contributed by atoms with Gasteiger partial charge in [-0.3, -0.25) is 9.59 Å². The van der Waals surface area contributed by atoms with Crippen molar-refractivity contribution < 1.29 is 35.9 Å². The first-order valence-electron chi connectivity index (χ1n) is 9.92. The Hall–Kier alpha value is -3.82. The number of hydrogen-bond donors (Lipinski definition) is 2. The van der Waals surface area contributed by atoms with Crippen molar-refractivity contribution >= 4 is 11.8 Å². The Bertz CT molecular complexity index is 1070. The molecule has 0 radical (unpaired) electrons. The van der Waals surface area contributed by atoms with E-state index < -0.39 is 35.3 Å². The lowest BCUT2D eigenvalue weighted by Gasteiger charge is -2.10. The van der Waals surface area contributed by atoms with Crippen molar-refractivity contribution in [1.82, 2.24) is 10.6 Å². The third-order valence-electron chi connectivity index (χ3n) is 4.85. The van der Waals surface area contributed by atoms with Crippen LogP contribution in [0.25, 0.3) is 0 Å². The number of carbonyl (C=O) groups excluding carboxylic acids is 2. The molecular formula is C24H18F6N2O2. The van der Waals surface area contributed by atoms with E-state index in [1.54, 1.807) is 24.3 Å². The quantitative estimate of drug-likeness (QED) is 0.453. The van der Waals surface area contributed by atoms with Crippen LogP contribution >= 0.6 is 0 Å². The van der Waals surface area contributed by atoms with E-state index in [-0.39, 0.29) is 24.2 Å². The topological polar surface area (TPSA) is 58.2 Å². The maximum atomic E-state index is 12.6. The van der Waals surface area contributed by atoms with Crippen LogP contribution in [-0.2, 0) is 25.4 Å². The zero-order chi connectivity index (χ0) is 24.9. The predicted octanol–water partition coefficient (Wildman–Crippen LogP) is 5.58. The fourth-order valence-electron chi connectivity index (χ4n) is 3.04. The Balaban J connectivity index is 1.54. The van der Waals surface area contributed by atoms with Gasteiger partial charge in [0.25, 0.3) is 11.8 Å². The lowest BCUT2D eigenvalue weighted by Crippen LogP contribution is -2.24. The molecule has 0 saturated heterocycles. The molecule has 0 heterocycles. The molecule has 0 aliphatic rings. The van der Waals surface area contributed by atoms with Crippen LogP contribution in [0.3, 0.4) is 0 Å². The molecule has 3 aromatic carbocycles. The summed E-state index contributed by atoms with van der Waals surface area (Å²) in [5.41, 5.74) is -0.186. The first-order chi connectivity index (χ1) is 15.9. The van der Waals surface area contributed by atoms with Crippen LogP contribution in [0.15, 0.2) is 72.8 Å². The van der Waals surface area contributed by atoms with Crippen molar-refractivity contribution in [3.05, 3.63) is 106 Å². The minimum absolute atomic E-state index is 0.0768. The Morgan fingerprint density at radius 1 is 0.588 bits per heavy atom. The van der Waals surface area contributed by atoms with Crippen molar-refractivity contribution in [1.29, 1.82) is 0 Å². The van der Waals surface area contributed by atoms with Crippen molar-refractivity contribution in [2.45, 2.75) is 25.4 Å². The third-order valence-corrected chi connectivity index (χ3v) is 4.85. The van der Waals surface area contributed by atoms with Crippen molar-refractivity contribution in [3.63, 3.8) is 0 Å². The molecule has 178 valence electrons. The zero-order valence-corrected chi connectivity index (χ0v) is 17.4. The molecule has 3 aromatic rings. The van der Waals surface area contributed by atoms with Gasteiger partial charge in [0, 0.05) is 24.2 Å². The maximum absolute atomic E-state index is 12.6. The van der Waals surface area contributed by atoms with Gasteiger partial charge in [-0.15, -0.1) is 0 Å². The minimum atomic E-state index is -4.49. The van der Waals surface area contributed by atoms with Crippen LogP contribution in [0, 0.1) is 0 Å². The van der Waals surface area contributed by atoms with Gasteiger partial charge in [0.2, 0.25) is 0 Å². The number of carbonyl (C=O) groups is 2. The summed E-state index contributed by atoms with van der Waals surface area (Å²) in [5, 5.41) is 5.22. The van der Waals surface area contributed by atoms with Crippen LogP contribution in [0.5, 0.6) is 0 Å². The minimum Gasteiger partial charge on any atom is -0.348 e. The highest BCUT2D eigenvalue weighted by Crippen LogP contribution is 2.30. The molecule has 2 amide bonds. The van der Waals surface area contributed by atoms with Gasteiger partial charge in [-0.05, 0) is 59.7 Å². The highest BCUT2D eigenvalue weighted by molar-refractivity contribution is 5.94. The second kappa shape index (κ2) is 9.98. The smallest absolute Gasteiger partial charge is 0.348 e. The lowest BCUT2D eigenvalue weighted by atomic mass is 10.1. The molecule has 0 bridgehead atoms. The second-order valence-corrected chi connectivity index (χ2v) is 7.34. The summed E-state index contributed by atoms with van der Waals surface area (Å²) in [6.07, 6.45) is -8.98. The maximum Gasteiger partial charge on any atom is 0.416 e. The molecule has 0 aliphatic heterocycles. The number of hydrogen-bond acceptors (Lipinski definition) is 2. The Kier molecular flexibility index (Phi) is 7.29. The molecule has 0 unspecified atom stereocenters. The summed E-state index contributed by atoms with van der Waals surface area (Å²) in [6.45, 7) is 0.196. The number of alkyl halides is 6. The van der Waals surface area contributed by atoms with E-state index in [9.17, 15) is 35.9 Å². The van der Waals surface area contributed by atoms with Gasteiger partial charge < -0.3 is 10.6 Å². The number of nitrogens with one attached hydrogen (secondary N) is 2. The Morgan fingerprint density at radius 3 is 1.26 bits per heavy atom. The van der Waals surface area contributed by atoms with Gasteiger partial charge in [-0.2, -0.15) is 26.3 Å². The monoisotopic (exact) mass is 480 g/mol. The Labute approximate surface area is 190 Å². The summed E-state index contributed by atoms with van der Waals surface area (Å²) < 4.78 is 75.8. The van der Waals surface area contributed by atoms with Crippen molar-refractivity contribution in [3.8, 4) is 0 Å². The van der Waals surface area contributed by atoms with Gasteiger partial charge in [-0.1, -0.05) is 24.3 Å². The van der Waals surface area contributed by atoms with E-state index in [1.807, 2.05) is 0 Å². The van der Waals surface area contributed by atoms with Crippen LogP contribution < -0.4 is 10.6 Å². The normalized spacial score (nSPS) is 11.7. The van der Waals surface area contributed by atoms with E-state index in [0.717, 1.165) is 48.5 Å². The first-order valence-corrected chi connectivity index (χ1v) is 9.92. The summed E-state index contributed by atoms with van der Waals surface area (Å²) in [7, 11) is 0. The molecule has 0 fully saturated rings. The van der Waals surface area contributed by atoms with Crippen molar-refractivity contribution in [2.75, 3.05) is 0 Å². The summed E-state index contributed by atoms with van der Waals surface area (Å²) in [6, 6.07) is 14.5. The molecule has 3 rings (SSSR count). The molecule has 34 heavy (non-hydrogen) atoms. The lowest BCUT2D eigenvalue weighted by molar-refractivity contribution is -0.138. The van der Waals surface area contributed by atoms with Gasteiger partial charge in [0.15, 0.2) is 0 Å². The average molecular weight is 480 g/mol. The van der Waals surface area contributed by atoms with Gasteiger partial charge in [0.1, 0.15) is 0 Å². The molecule has 0 spiro atoms. The molecule has 0 atom stereocenters. The van der Waals surface area contributed by atoms with Crippen LogP contribution in [0.4, 0.5) is 26.3 Å². The number of halogens is 6. The SMILES string of the molecule is O=C(NCc1cccc(CNC(=O)c2ccc(C(F)(F)F)cc2)c1)c1ccc(C(F)(F)F)cc1. The number of benzene rings is 3. The largest absolute Gasteiger partial charge is 0.416 e. The summed E-state index contributed by atoms with van der Waals surface area (Å²) in [4.78, 5) is 24.4. The highest BCUT2D eigenvalue weighted by Gasteiger charge is 2.31. The fourth-order valence-corrected chi connectivity index (χ4v) is 3.04. The zero-order valence-electron chi connectivity index (χ0n) is 17.4. The second-order valence-electron chi connectivity index (χ2n) is 7.34. The van der Waals surface area contributed by atoms with E-state index in [0.29, 0.717) is 11.1 Å². The predicted molar refractivity (Wildman–Crippen MR) is 112 cm³/mol. The molecule has 0 saturated carbocycles. The summed E-state index contributed by atoms with van der Waals surface area (Å²) >= 11 is 0. The van der Waals surface area contributed by atoms with Gasteiger partial charge in [0.05, 0.1) is 11.1 Å². The fraction of sp³-hybridized carbons (Fsp3) is 0.167. The standard InChI is InChI=1S/C24H18F6N2O2/c25-23(26,27)19-8-4-17(5-9-19)21(33)31-13-15-2-1-3-16(12-15)14-32-22(34)18-6-10-20(11-7-18)24(28,29)30/h1-12H,13-14H2,(H,31,33)(H,32,34). The number of rotatable bonds is 6. The Morgan fingerprint density at radius 2 is 0.941 bits per heavy atom. The molecule has 0 aromatic heterocycles.